The molecule has 0 unspecified atom stereocenters. The summed E-state index contributed by atoms with van der Waals surface area (Å²) in [5.41, 5.74) is 0.977. The summed E-state index contributed by atoms with van der Waals surface area (Å²) < 4.78 is 27.4. The van der Waals surface area contributed by atoms with Crippen molar-refractivity contribution in [1.82, 2.24) is 9.71 Å². The molecule has 100 valence electrons. The summed E-state index contributed by atoms with van der Waals surface area (Å²) >= 11 is 3.33. The van der Waals surface area contributed by atoms with Gasteiger partial charge in [0.1, 0.15) is 0 Å². The third-order valence-electron chi connectivity index (χ3n) is 2.52. The first kappa shape index (κ1) is 14.2. The summed E-state index contributed by atoms with van der Waals surface area (Å²) in [4.78, 5) is 4.31. The van der Waals surface area contributed by atoms with E-state index in [1.807, 2.05) is 6.07 Å². The van der Waals surface area contributed by atoms with Gasteiger partial charge in [0.05, 0.1) is 4.90 Å². The van der Waals surface area contributed by atoms with Crippen LogP contribution in [-0.4, -0.2) is 19.9 Å². The minimum atomic E-state index is -3.42. The average molecular weight is 341 g/mol. The van der Waals surface area contributed by atoms with Crippen LogP contribution < -0.4 is 4.72 Å². The lowest BCUT2D eigenvalue weighted by atomic mass is 10.2. The Morgan fingerprint density at radius 3 is 2.58 bits per heavy atom. The Morgan fingerprint density at radius 1 is 1.16 bits per heavy atom. The molecule has 4 nitrogen and oxygen atoms in total. The van der Waals surface area contributed by atoms with Crippen LogP contribution in [0.5, 0.6) is 0 Å². The van der Waals surface area contributed by atoms with Crippen LogP contribution in [0.15, 0.2) is 58.2 Å². The number of aromatic nitrogens is 1. The van der Waals surface area contributed by atoms with E-state index in [2.05, 4.69) is 25.6 Å². The van der Waals surface area contributed by atoms with Crippen LogP contribution in [0.25, 0.3) is 0 Å². The van der Waals surface area contributed by atoms with Gasteiger partial charge in [-0.05, 0) is 46.1 Å². The second-order valence-electron chi connectivity index (χ2n) is 3.97. The van der Waals surface area contributed by atoms with Crippen molar-refractivity contribution < 1.29 is 8.42 Å². The standard InChI is InChI=1S/C13H13BrN2O2S/c14-12-8-11(9-15-10-12)6-7-16-19(17,18)13-4-2-1-3-5-13/h1-5,8-10,16H,6-7H2. The first-order chi connectivity index (χ1) is 9.08. The molecule has 0 saturated heterocycles. The molecule has 6 heteroatoms. The Kier molecular flexibility index (Phi) is 4.68. The van der Waals surface area contributed by atoms with Crippen LogP contribution in [0.2, 0.25) is 0 Å². The van der Waals surface area contributed by atoms with Gasteiger partial charge in [-0.2, -0.15) is 0 Å². The molecule has 19 heavy (non-hydrogen) atoms. The maximum Gasteiger partial charge on any atom is 0.240 e. The molecule has 0 aliphatic rings. The van der Waals surface area contributed by atoms with E-state index in [1.165, 1.54) is 0 Å². The van der Waals surface area contributed by atoms with Crippen LogP contribution >= 0.6 is 15.9 Å². The minimum Gasteiger partial charge on any atom is -0.263 e. The summed E-state index contributed by atoms with van der Waals surface area (Å²) in [5, 5.41) is 0. The molecule has 1 N–H and O–H groups in total. The lowest BCUT2D eigenvalue weighted by Crippen LogP contribution is -2.25. The zero-order valence-electron chi connectivity index (χ0n) is 10.1. The Hall–Kier alpha value is -1.24. The maximum absolute atomic E-state index is 12.0. The fraction of sp³-hybridized carbons (Fsp3) is 0.154. The number of halogens is 1. The number of pyridine rings is 1. The number of nitrogens with one attached hydrogen (secondary N) is 1. The summed E-state index contributed by atoms with van der Waals surface area (Å²) in [6, 6.07) is 10.3. The molecule has 0 radical (unpaired) electrons. The van der Waals surface area contributed by atoms with E-state index in [9.17, 15) is 8.42 Å². The van der Waals surface area contributed by atoms with E-state index >= 15 is 0 Å². The molecule has 0 aliphatic carbocycles. The largest absolute Gasteiger partial charge is 0.263 e. The molecule has 1 aromatic heterocycles. The van der Waals surface area contributed by atoms with Gasteiger partial charge in [-0.3, -0.25) is 4.98 Å². The highest BCUT2D eigenvalue weighted by molar-refractivity contribution is 9.10. The summed E-state index contributed by atoms with van der Waals surface area (Å²) in [5.74, 6) is 0. The lowest BCUT2D eigenvalue weighted by molar-refractivity contribution is 0.581. The molecule has 0 aliphatic heterocycles. The van der Waals surface area contributed by atoms with Gasteiger partial charge in [-0.25, -0.2) is 13.1 Å². The van der Waals surface area contributed by atoms with Crippen molar-refractivity contribution >= 4 is 26.0 Å². The number of hydrogen-bond acceptors (Lipinski definition) is 3. The van der Waals surface area contributed by atoms with Crippen molar-refractivity contribution in [3.05, 3.63) is 58.8 Å². The van der Waals surface area contributed by atoms with Crippen molar-refractivity contribution in [2.45, 2.75) is 11.3 Å². The Morgan fingerprint density at radius 2 is 1.89 bits per heavy atom. The molecular weight excluding hydrogens is 328 g/mol. The first-order valence-corrected chi connectivity index (χ1v) is 8.00. The van der Waals surface area contributed by atoms with Crippen molar-refractivity contribution in [1.29, 1.82) is 0 Å². The predicted molar refractivity (Wildman–Crippen MR) is 77.3 cm³/mol. The molecule has 0 spiro atoms. The van der Waals surface area contributed by atoms with Crippen LogP contribution in [0.4, 0.5) is 0 Å². The number of benzene rings is 1. The Labute approximate surface area is 121 Å². The molecule has 1 aromatic carbocycles. The first-order valence-electron chi connectivity index (χ1n) is 5.72. The zero-order chi connectivity index (χ0) is 13.7. The topological polar surface area (TPSA) is 59.1 Å². The molecule has 1 heterocycles. The molecular formula is C13H13BrN2O2S. The van der Waals surface area contributed by atoms with E-state index in [1.54, 1.807) is 42.7 Å². The third kappa shape index (κ3) is 4.12. The number of hydrogen-bond donors (Lipinski definition) is 1. The highest BCUT2D eigenvalue weighted by atomic mass is 79.9. The van der Waals surface area contributed by atoms with Crippen molar-refractivity contribution in [3.63, 3.8) is 0 Å². The average Bonchev–Trinajstić information content (AvgIpc) is 2.40. The molecule has 0 saturated carbocycles. The Bertz CT molecular complexity index is 645. The van der Waals surface area contributed by atoms with Gasteiger partial charge >= 0.3 is 0 Å². The van der Waals surface area contributed by atoms with Crippen molar-refractivity contribution in [2.75, 3.05) is 6.54 Å². The normalized spacial score (nSPS) is 11.4. The van der Waals surface area contributed by atoms with E-state index < -0.39 is 10.0 Å². The lowest BCUT2D eigenvalue weighted by Gasteiger charge is -2.06. The highest BCUT2D eigenvalue weighted by Crippen LogP contribution is 2.10. The smallest absolute Gasteiger partial charge is 0.240 e. The van der Waals surface area contributed by atoms with Gasteiger partial charge in [0, 0.05) is 23.4 Å². The molecule has 0 atom stereocenters. The SMILES string of the molecule is O=S(=O)(NCCc1cncc(Br)c1)c1ccccc1. The summed E-state index contributed by atoms with van der Waals surface area (Å²) in [6.45, 7) is 0.343. The number of rotatable bonds is 5. The van der Waals surface area contributed by atoms with Gasteiger partial charge in [-0.15, -0.1) is 0 Å². The monoisotopic (exact) mass is 340 g/mol. The van der Waals surface area contributed by atoms with Gasteiger partial charge in [-0.1, -0.05) is 18.2 Å². The number of nitrogens with zero attached hydrogens (tertiary/aromatic N) is 1. The minimum absolute atomic E-state index is 0.280. The van der Waals surface area contributed by atoms with Gasteiger partial charge in [0.25, 0.3) is 0 Å². The molecule has 0 bridgehead atoms. The van der Waals surface area contributed by atoms with Crippen LogP contribution in [0, 0.1) is 0 Å². The van der Waals surface area contributed by atoms with Gasteiger partial charge in [0.15, 0.2) is 0 Å². The fourth-order valence-electron chi connectivity index (χ4n) is 1.61. The van der Waals surface area contributed by atoms with E-state index in [-0.39, 0.29) is 4.90 Å². The third-order valence-corrected chi connectivity index (χ3v) is 4.43. The number of sulfonamides is 1. The van der Waals surface area contributed by atoms with Crippen LogP contribution in [-0.2, 0) is 16.4 Å². The maximum atomic E-state index is 12.0. The van der Waals surface area contributed by atoms with Gasteiger partial charge in [0.2, 0.25) is 10.0 Å². The fourth-order valence-corrected chi connectivity index (χ4v) is 3.07. The van der Waals surface area contributed by atoms with Crippen LogP contribution in [0.3, 0.4) is 0 Å². The summed E-state index contributed by atoms with van der Waals surface area (Å²) in [6.07, 6.45) is 4.01. The van der Waals surface area contributed by atoms with Gasteiger partial charge < -0.3 is 0 Å². The van der Waals surface area contributed by atoms with Crippen molar-refractivity contribution in [3.8, 4) is 0 Å². The Balaban J connectivity index is 1.96. The van der Waals surface area contributed by atoms with E-state index in [0.29, 0.717) is 13.0 Å². The molecule has 2 aromatic rings. The molecule has 2 rings (SSSR count). The molecule has 0 fully saturated rings. The molecule has 0 amide bonds. The second-order valence-corrected chi connectivity index (χ2v) is 6.65. The highest BCUT2D eigenvalue weighted by Gasteiger charge is 2.12. The van der Waals surface area contributed by atoms with Crippen molar-refractivity contribution in [2.24, 2.45) is 0 Å². The quantitative estimate of drug-likeness (QED) is 0.908. The zero-order valence-corrected chi connectivity index (χ0v) is 12.5. The van der Waals surface area contributed by atoms with E-state index in [4.69, 9.17) is 0 Å². The predicted octanol–water partition coefficient (Wildman–Crippen LogP) is 2.37. The second kappa shape index (κ2) is 6.27. The summed E-state index contributed by atoms with van der Waals surface area (Å²) in [7, 11) is -3.42. The van der Waals surface area contributed by atoms with E-state index in [0.717, 1.165) is 10.0 Å². The van der Waals surface area contributed by atoms with Crippen LogP contribution in [0.1, 0.15) is 5.56 Å².